The number of piperazine rings is 1. The van der Waals surface area contributed by atoms with Crippen LogP contribution in [0.1, 0.15) is 0 Å². The second-order valence-corrected chi connectivity index (χ2v) is 5.66. The van der Waals surface area contributed by atoms with Crippen LogP contribution in [0.3, 0.4) is 0 Å². The lowest BCUT2D eigenvalue weighted by molar-refractivity contribution is -0.120. The normalized spacial score (nSPS) is 14.7. The molecule has 3 rings (SSSR count). The average Bonchev–Trinajstić information content (AvgIpc) is 2.53. The zero-order chi connectivity index (χ0) is 16.6. The van der Waals surface area contributed by atoms with Gasteiger partial charge in [0.2, 0.25) is 5.91 Å². The summed E-state index contributed by atoms with van der Waals surface area (Å²) in [5.74, 6) is 0.312. The number of nitrogens with one attached hydrogen (secondary N) is 1. The van der Waals surface area contributed by atoms with E-state index in [-0.39, 0.29) is 12.5 Å². The number of halogens is 1. The first-order chi connectivity index (χ1) is 11.0. The molecule has 0 bridgehead atoms. The van der Waals surface area contributed by atoms with Crippen LogP contribution in [0, 0.1) is 0 Å². The van der Waals surface area contributed by atoms with Gasteiger partial charge in [0.15, 0.2) is 5.82 Å². The van der Waals surface area contributed by atoms with Crippen LogP contribution in [0.4, 0.5) is 16.3 Å². The van der Waals surface area contributed by atoms with Gasteiger partial charge in [-0.1, -0.05) is 23.7 Å². The second-order valence-electron chi connectivity index (χ2n) is 5.26. The molecule has 1 fully saturated rings. The Morgan fingerprint density at radius 2 is 2.26 bits per heavy atom. The first-order valence-corrected chi connectivity index (χ1v) is 7.42. The number of pyridine rings is 1. The number of carbonyl (C=O) groups is 2. The Labute approximate surface area is 137 Å². The molecule has 8 heteroatoms. The van der Waals surface area contributed by atoms with E-state index in [1.165, 1.54) is 7.05 Å². The highest BCUT2D eigenvalue weighted by atomic mass is 35.5. The minimum Gasteiger partial charge on any atom is -0.465 e. The molecule has 1 aliphatic heterocycles. The van der Waals surface area contributed by atoms with Gasteiger partial charge in [0.05, 0.1) is 22.8 Å². The summed E-state index contributed by atoms with van der Waals surface area (Å²) in [6.07, 6.45) is -1.10. The molecule has 0 unspecified atom stereocenters. The highest BCUT2D eigenvalue weighted by Gasteiger charge is 2.24. The van der Waals surface area contributed by atoms with Gasteiger partial charge in [0.1, 0.15) is 0 Å². The molecule has 0 atom stereocenters. The molecular weight excluding hydrogens is 320 g/mol. The number of nitrogens with zero attached hydrogens (tertiary/aromatic N) is 3. The highest BCUT2D eigenvalue weighted by molar-refractivity contribution is 6.35. The van der Waals surface area contributed by atoms with Crippen molar-refractivity contribution in [2.45, 2.75) is 0 Å². The van der Waals surface area contributed by atoms with Crippen molar-refractivity contribution in [2.24, 2.45) is 0 Å². The zero-order valence-corrected chi connectivity index (χ0v) is 13.2. The third-order valence-corrected chi connectivity index (χ3v) is 4.05. The maximum Gasteiger partial charge on any atom is 0.411 e. The van der Waals surface area contributed by atoms with Crippen molar-refractivity contribution in [1.82, 2.24) is 10.3 Å². The quantitative estimate of drug-likeness (QED) is 0.876. The molecule has 2 aromatic rings. The van der Waals surface area contributed by atoms with Gasteiger partial charge in [-0.05, 0) is 12.1 Å². The minimum absolute atomic E-state index is 0.124. The number of amides is 2. The molecule has 1 aliphatic rings. The number of anilines is 2. The summed E-state index contributed by atoms with van der Waals surface area (Å²) in [6, 6.07) is 7.05. The Balaban J connectivity index is 2.19. The number of hydrogen-bond acceptors (Lipinski definition) is 4. The molecule has 1 saturated heterocycles. The van der Waals surface area contributed by atoms with Crippen LogP contribution in [0.15, 0.2) is 24.3 Å². The third-order valence-electron chi connectivity index (χ3n) is 3.74. The monoisotopic (exact) mass is 334 g/mol. The summed E-state index contributed by atoms with van der Waals surface area (Å²) in [6.45, 7) is 1.16. The van der Waals surface area contributed by atoms with Gasteiger partial charge in [-0.25, -0.2) is 9.78 Å². The van der Waals surface area contributed by atoms with Crippen LogP contribution >= 0.6 is 11.6 Å². The summed E-state index contributed by atoms with van der Waals surface area (Å²) in [5.41, 5.74) is 1.000. The van der Waals surface area contributed by atoms with Crippen molar-refractivity contribution in [3.63, 3.8) is 0 Å². The van der Waals surface area contributed by atoms with Gasteiger partial charge in [0, 0.05) is 25.5 Å². The lowest BCUT2D eigenvalue weighted by atomic mass is 10.2. The number of benzene rings is 1. The second kappa shape index (κ2) is 5.92. The van der Waals surface area contributed by atoms with E-state index < -0.39 is 6.09 Å². The van der Waals surface area contributed by atoms with Crippen LogP contribution in [-0.2, 0) is 4.79 Å². The smallest absolute Gasteiger partial charge is 0.411 e. The standard InChI is InChI=1S/C15H15ClN4O3/c1-19(15(22)23)11-7-9-3-2-4-10(16)13(9)18-14(11)20-6-5-17-12(21)8-20/h2-4,7H,5-6,8H2,1H3,(H,17,21)(H,22,23). The predicted molar refractivity (Wildman–Crippen MR) is 88.4 cm³/mol. The number of fused-ring (bicyclic) bond motifs is 1. The molecule has 0 aliphatic carbocycles. The molecule has 2 amide bonds. The van der Waals surface area contributed by atoms with Crippen LogP contribution in [0.5, 0.6) is 0 Å². The molecular formula is C15H15ClN4O3. The summed E-state index contributed by atoms with van der Waals surface area (Å²) < 4.78 is 0. The number of carboxylic acid groups (broad SMARTS) is 1. The zero-order valence-electron chi connectivity index (χ0n) is 12.4. The van der Waals surface area contributed by atoms with E-state index in [0.29, 0.717) is 35.1 Å². The van der Waals surface area contributed by atoms with E-state index in [9.17, 15) is 14.7 Å². The fraction of sp³-hybridized carbons (Fsp3) is 0.267. The minimum atomic E-state index is -1.10. The molecule has 0 saturated carbocycles. The Kier molecular flexibility index (Phi) is 3.96. The fourth-order valence-electron chi connectivity index (χ4n) is 2.54. The van der Waals surface area contributed by atoms with Crippen molar-refractivity contribution in [3.8, 4) is 0 Å². The molecule has 2 N–H and O–H groups in total. The summed E-state index contributed by atoms with van der Waals surface area (Å²) in [4.78, 5) is 30.4. The first-order valence-electron chi connectivity index (χ1n) is 7.05. The number of rotatable bonds is 2. The van der Waals surface area contributed by atoms with E-state index in [1.807, 2.05) is 6.07 Å². The maximum atomic E-state index is 11.7. The Morgan fingerprint density at radius 1 is 1.48 bits per heavy atom. The number of hydrogen-bond donors (Lipinski definition) is 2. The van der Waals surface area contributed by atoms with E-state index in [0.717, 1.165) is 10.3 Å². The summed E-state index contributed by atoms with van der Waals surface area (Å²) >= 11 is 6.20. The molecule has 120 valence electrons. The van der Waals surface area contributed by atoms with Gasteiger partial charge in [-0.2, -0.15) is 0 Å². The van der Waals surface area contributed by atoms with Gasteiger partial charge in [-0.15, -0.1) is 0 Å². The van der Waals surface area contributed by atoms with Crippen LogP contribution in [0.2, 0.25) is 5.02 Å². The van der Waals surface area contributed by atoms with Crippen molar-refractivity contribution in [3.05, 3.63) is 29.3 Å². The van der Waals surface area contributed by atoms with Gasteiger partial charge >= 0.3 is 6.09 Å². The highest BCUT2D eigenvalue weighted by Crippen LogP contribution is 2.33. The van der Waals surface area contributed by atoms with Gasteiger partial charge in [-0.3, -0.25) is 9.69 Å². The van der Waals surface area contributed by atoms with Crippen molar-refractivity contribution in [1.29, 1.82) is 0 Å². The molecule has 23 heavy (non-hydrogen) atoms. The summed E-state index contributed by atoms with van der Waals surface area (Å²) in [5, 5.41) is 13.3. The number of aromatic nitrogens is 1. The topological polar surface area (TPSA) is 85.8 Å². The van der Waals surface area contributed by atoms with Crippen molar-refractivity contribution in [2.75, 3.05) is 36.5 Å². The molecule has 1 aromatic heterocycles. The third kappa shape index (κ3) is 2.87. The maximum absolute atomic E-state index is 11.7. The molecule has 2 heterocycles. The van der Waals surface area contributed by atoms with E-state index in [2.05, 4.69) is 10.3 Å². The largest absolute Gasteiger partial charge is 0.465 e. The fourth-order valence-corrected chi connectivity index (χ4v) is 2.77. The number of para-hydroxylation sites is 1. The van der Waals surface area contributed by atoms with Crippen molar-refractivity contribution < 1.29 is 14.7 Å². The van der Waals surface area contributed by atoms with Crippen LogP contribution in [-0.4, -0.2) is 48.8 Å². The van der Waals surface area contributed by atoms with E-state index >= 15 is 0 Å². The number of carbonyl (C=O) groups excluding carboxylic acids is 1. The first kappa shape index (κ1) is 15.4. The SMILES string of the molecule is CN(C(=O)O)c1cc2cccc(Cl)c2nc1N1CCNC(=O)C1. The Morgan fingerprint density at radius 3 is 2.96 bits per heavy atom. The molecule has 1 aromatic carbocycles. The van der Waals surface area contributed by atoms with Crippen LogP contribution < -0.4 is 15.1 Å². The lowest BCUT2D eigenvalue weighted by Crippen LogP contribution is -2.48. The van der Waals surface area contributed by atoms with Gasteiger partial charge in [0.25, 0.3) is 0 Å². The van der Waals surface area contributed by atoms with Crippen LogP contribution in [0.25, 0.3) is 10.9 Å². The van der Waals surface area contributed by atoms with Gasteiger partial charge < -0.3 is 15.3 Å². The van der Waals surface area contributed by atoms with E-state index in [4.69, 9.17) is 11.6 Å². The lowest BCUT2D eigenvalue weighted by Gasteiger charge is -2.31. The Bertz CT molecular complexity index is 796. The van der Waals surface area contributed by atoms with Crippen molar-refractivity contribution >= 4 is 46.0 Å². The van der Waals surface area contributed by atoms with E-state index in [1.54, 1.807) is 23.1 Å². The predicted octanol–water partition coefficient (Wildman–Crippen LogP) is 1.94. The molecule has 7 nitrogen and oxygen atoms in total. The molecule has 0 radical (unpaired) electrons. The summed E-state index contributed by atoms with van der Waals surface area (Å²) in [7, 11) is 1.45. The molecule has 0 spiro atoms. The Hall–Kier alpha value is -2.54. The average molecular weight is 335 g/mol.